The van der Waals surface area contributed by atoms with Crippen molar-refractivity contribution in [1.82, 2.24) is 29.6 Å². The van der Waals surface area contributed by atoms with Crippen LogP contribution in [0.4, 0.5) is 0 Å². The number of aromatic nitrogens is 2. The number of halogens is 1. The number of nitrogens with zero attached hydrogens (tertiary/aromatic N) is 4. The third-order valence-corrected chi connectivity index (χ3v) is 10.8. The zero-order valence-corrected chi connectivity index (χ0v) is 28.1. The molecule has 6 rings (SSSR count). The minimum Gasteiger partial charge on any atom is -0.350 e. The molecule has 244 valence electrons. The monoisotopic (exact) mass is 662 g/mol. The largest absolute Gasteiger partial charge is 0.350 e. The van der Waals surface area contributed by atoms with Crippen molar-refractivity contribution in [2.45, 2.75) is 64.1 Å². The smallest absolute Gasteiger partial charge is 0.251 e. The molecule has 1 amide bonds. The van der Waals surface area contributed by atoms with Crippen LogP contribution in [0, 0.1) is 11.8 Å². The maximum Gasteiger partial charge on any atom is 0.251 e. The molecule has 3 aliphatic rings. The Labute approximate surface area is 277 Å². The van der Waals surface area contributed by atoms with Crippen LogP contribution < -0.4 is 10.6 Å². The van der Waals surface area contributed by atoms with Gasteiger partial charge in [0.05, 0.1) is 17.0 Å². The van der Waals surface area contributed by atoms with E-state index in [1.54, 1.807) is 12.1 Å². The molecule has 2 saturated heterocycles. The molecule has 2 aromatic carbocycles. The lowest BCUT2D eigenvalue weighted by atomic mass is 10.0. The SMILES string of the molecule is CS(=O)(=O)N1CCc2c(c(-c3ccc(Cl)c(C#Cc4ccc(C(=O)NCC5CCCN5)cc4)c3)nn2CCCN2CCCCC2)C1. The average molecular weight is 663 g/mol. The fourth-order valence-electron chi connectivity index (χ4n) is 6.65. The number of rotatable bonds is 9. The molecule has 0 saturated carbocycles. The van der Waals surface area contributed by atoms with E-state index >= 15 is 0 Å². The first-order valence-electron chi connectivity index (χ1n) is 16.4. The van der Waals surface area contributed by atoms with Crippen LogP contribution in [0.3, 0.4) is 0 Å². The van der Waals surface area contributed by atoms with E-state index < -0.39 is 10.0 Å². The molecule has 0 radical (unpaired) electrons. The Kier molecular flexibility index (Phi) is 10.5. The maximum absolute atomic E-state index is 12.6. The van der Waals surface area contributed by atoms with Gasteiger partial charge in [0.15, 0.2) is 0 Å². The lowest BCUT2D eigenvalue weighted by Crippen LogP contribution is -2.37. The van der Waals surface area contributed by atoms with E-state index in [2.05, 4.69) is 32.1 Å². The summed E-state index contributed by atoms with van der Waals surface area (Å²) in [6.45, 7) is 6.56. The van der Waals surface area contributed by atoms with Gasteiger partial charge >= 0.3 is 0 Å². The Morgan fingerprint density at radius 3 is 2.59 bits per heavy atom. The molecule has 2 fully saturated rings. The van der Waals surface area contributed by atoms with Crippen molar-refractivity contribution < 1.29 is 13.2 Å². The van der Waals surface area contributed by atoms with Gasteiger partial charge in [0, 0.05) is 72.2 Å². The molecule has 0 aliphatic carbocycles. The van der Waals surface area contributed by atoms with E-state index in [-0.39, 0.29) is 5.91 Å². The fraction of sp³-hybridized carbons (Fsp3) is 0.486. The number of hydrogen-bond acceptors (Lipinski definition) is 6. The number of aryl methyl sites for hydroxylation is 1. The molecule has 3 aliphatic heterocycles. The van der Waals surface area contributed by atoms with Crippen LogP contribution in [-0.4, -0.2) is 84.9 Å². The maximum atomic E-state index is 12.6. The van der Waals surface area contributed by atoms with Crippen molar-refractivity contribution in [1.29, 1.82) is 0 Å². The summed E-state index contributed by atoms with van der Waals surface area (Å²) in [7, 11) is -3.34. The van der Waals surface area contributed by atoms with Gasteiger partial charge in [0.1, 0.15) is 0 Å². The average Bonchev–Trinajstić information content (AvgIpc) is 3.72. The van der Waals surface area contributed by atoms with Crippen molar-refractivity contribution in [2.24, 2.45) is 0 Å². The molecule has 0 bridgehead atoms. The third-order valence-electron chi connectivity index (χ3n) is 9.26. The first-order valence-corrected chi connectivity index (χ1v) is 18.7. The predicted molar refractivity (Wildman–Crippen MR) is 182 cm³/mol. The van der Waals surface area contributed by atoms with Gasteiger partial charge in [0.25, 0.3) is 5.91 Å². The number of amides is 1. The summed E-state index contributed by atoms with van der Waals surface area (Å²) in [4.78, 5) is 15.1. The molecule has 1 aromatic heterocycles. The van der Waals surface area contributed by atoms with Crippen molar-refractivity contribution in [2.75, 3.05) is 45.5 Å². The number of carbonyl (C=O) groups excluding carboxylic acids is 1. The fourth-order valence-corrected chi connectivity index (χ4v) is 7.61. The van der Waals surface area contributed by atoms with Crippen LogP contribution in [0.5, 0.6) is 0 Å². The Hall–Kier alpha value is -3.20. The standard InChI is InChI=1S/C35H43ClN6O3S/c1-46(44,45)41-22-16-33-31(25-41)34(39-42(33)21-6-20-40-18-3-2-4-19-40)29-14-15-32(36)28(23-29)13-10-26-8-11-27(12-9-26)35(43)38-24-30-7-5-17-37-30/h8-9,11-12,14-15,23,30,37H,2-7,16-22,24-25H2,1H3,(H,38,43). The van der Waals surface area contributed by atoms with Crippen molar-refractivity contribution in [3.05, 3.63) is 75.4 Å². The quantitative estimate of drug-likeness (QED) is 0.332. The van der Waals surface area contributed by atoms with Gasteiger partial charge in [-0.2, -0.15) is 9.40 Å². The number of likely N-dealkylation sites (tertiary alicyclic amines) is 1. The van der Waals surface area contributed by atoms with Gasteiger partial charge < -0.3 is 15.5 Å². The van der Waals surface area contributed by atoms with E-state index in [1.807, 2.05) is 30.3 Å². The highest BCUT2D eigenvalue weighted by atomic mass is 35.5. The number of piperidine rings is 1. The summed E-state index contributed by atoms with van der Waals surface area (Å²) < 4.78 is 28.6. The molecular weight excluding hydrogens is 620 g/mol. The van der Waals surface area contributed by atoms with E-state index in [0.717, 1.165) is 80.1 Å². The van der Waals surface area contributed by atoms with Crippen LogP contribution in [-0.2, 0) is 29.5 Å². The summed E-state index contributed by atoms with van der Waals surface area (Å²) in [5.74, 6) is 6.30. The van der Waals surface area contributed by atoms with Crippen molar-refractivity contribution in [3.8, 4) is 23.1 Å². The van der Waals surface area contributed by atoms with Crippen LogP contribution in [0.15, 0.2) is 42.5 Å². The number of fused-ring (bicyclic) bond motifs is 1. The van der Waals surface area contributed by atoms with Gasteiger partial charge in [-0.15, -0.1) is 0 Å². The van der Waals surface area contributed by atoms with E-state index in [9.17, 15) is 13.2 Å². The second-order valence-corrected chi connectivity index (χ2v) is 15.0. The molecule has 9 nitrogen and oxygen atoms in total. The molecule has 1 unspecified atom stereocenters. The third kappa shape index (κ3) is 8.01. The van der Waals surface area contributed by atoms with Gasteiger partial charge in [-0.3, -0.25) is 9.48 Å². The van der Waals surface area contributed by atoms with Crippen molar-refractivity contribution in [3.63, 3.8) is 0 Å². The minimum atomic E-state index is -3.34. The Morgan fingerprint density at radius 2 is 1.85 bits per heavy atom. The van der Waals surface area contributed by atoms with Gasteiger partial charge in [-0.25, -0.2) is 8.42 Å². The Bertz CT molecular complexity index is 1710. The summed E-state index contributed by atoms with van der Waals surface area (Å²) in [5.41, 5.74) is 5.74. The molecule has 11 heteroatoms. The lowest BCUT2D eigenvalue weighted by Gasteiger charge is -2.27. The number of nitrogens with one attached hydrogen (secondary N) is 2. The van der Waals surface area contributed by atoms with Crippen LogP contribution in [0.2, 0.25) is 5.02 Å². The number of benzene rings is 2. The van der Waals surface area contributed by atoms with Crippen molar-refractivity contribution >= 4 is 27.5 Å². The molecule has 4 heterocycles. The summed E-state index contributed by atoms with van der Waals surface area (Å²) in [6, 6.07) is 13.3. The molecule has 1 atom stereocenters. The summed E-state index contributed by atoms with van der Waals surface area (Å²) in [6.07, 6.45) is 8.98. The van der Waals surface area contributed by atoms with Crippen LogP contribution in [0.1, 0.15) is 71.3 Å². The van der Waals surface area contributed by atoms with Gasteiger partial charge in [0.2, 0.25) is 10.0 Å². The van der Waals surface area contributed by atoms with Crippen LogP contribution >= 0.6 is 11.6 Å². The molecule has 0 spiro atoms. The normalized spacial score (nSPS) is 19.0. The number of sulfonamides is 1. The highest BCUT2D eigenvalue weighted by Crippen LogP contribution is 2.33. The van der Waals surface area contributed by atoms with E-state index in [1.165, 1.54) is 29.8 Å². The first-order chi connectivity index (χ1) is 22.2. The first kappa shape index (κ1) is 32.7. The van der Waals surface area contributed by atoms with E-state index in [0.29, 0.717) is 48.2 Å². The summed E-state index contributed by atoms with van der Waals surface area (Å²) >= 11 is 6.60. The van der Waals surface area contributed by atoms with E-state index in [4.69, 9.17) is 16.7 Å². The minimum absolute atomic E-state index is 0.0901. The van der Waals surface area contributed by atoms with Gasteiger partial charge in [-0.05, 0) is 94.7 Å². The molecule has 2 N–H and O–H groups in total. The number of hydrogen-bond donors (Lipinski definition) is 2. The summed E-state index contributed by atoms with van der Waals surface area (Å²) in [5, 5.41) is 12.0. The zero-order chi connectivity index (χ0) is 32.1. The highest BCUT2D eigenvalue weighted by Gasteiger charge is 2.30. The Morgan fingerprint density at radius 1 is 1.04 bits per heavy atom. The highest BCUT2D eigenvalue weighted by molar-refractivity contribution is 7.88. The zero-order valence-electron chi connectivity index (χ0n) is 26.5. The van der Waals surface area contributed by atoms with Gasteiger partial charge in [-0.1, -0.05) is 35.9 Å². The molecular formula is C35H43ClN6O3S. The topological polar surface area (TPSA) is 99.6 Å². The lowest BCUT2D eigenvalue weighted by molar-refractivity contribution is 0.0950. The molecule has 3 aromatic rings. The Balaban J connectivity index is 1.20. The second-order valence-electron chi connectivity index (χ2n) is 12.6. The second kappa shape index (κ2) is 14.7. The predicted octanol–water partition coefficient (Wildman–Crippen LogP) is 4.28. The number of carbonyl (C=O) groups is 1. The van der Waals surface area contributed by atoms with Crippen LogP contribution in [0.25, 0.3) is 11.3 Å². The molecule has 46 heavy (non-hydrogen) atoms.